The molecule has 0 fully saturated rings. The lowest BCUT2D eigenvalue weighted by atomic mass is 10.1. The minimum atomic E-state index is 0.687. The van der Waals surface area contributed by atoms with Crippen LogP contribution in [0.1, 0.15) is 50.7 Å². The van der Waals surface area contributed by atoms with Gasteiger partial charge in [-0.1, -0.05) is 62.4 Å². The molecule has 4 nitrogen and oxygen atoms in total. The SMILES string of the molecule is [C-]#[N+]c1ccc(CN(CCCCN(CCC)CCC)Cc2ccc([N+]#[C-])cc2)cc1. The van der Waals surface area contributed by atoms with Gasteiger partial charge in [0.15, 0.2) is 11.4 Å². The minimum absolute atomic E-state index is 0.687. The fourth-order valence-corrected chi connectivity index (χ4v) is 3.72. The molecule has 158 valence electrons. The van der Waals surface area contributed by atoms with Crippen LogP contribution in [0, 0.1) is 13.1 Å². The number of hydrogen-bond acceptors (Lipinski definition) is 2. The fourth-order valence-electron chi connectivity index (χ4n) is 3.72. The van der Waals surface area contributed by atoms with Crippen LogP contribution < -0.4 is 0 Å². The zero-order valence-electron chi connectivity index (χ0n) is 18.5. The topological polar surface area (TPSA) is 15.2 Å². The van der Waals surface area contributed by atoms with E-state index in [1.165, 1.54) is 56.4 Å². The lowest BCUT2D eigenvalue weighted by molar-refractivity contribution is 0.231. The van der Waals surface area contributed by atoms with Gasteiger partial charge in [-0.2, -0.15) is 0 Å². The van der Waals surface area contributed by atoms with Crippen LogP contribution in [0.15, 0.2) is 48.5 Å². The fraction of sp³-hybridized carbons (Fsp3) is 0.462. The Bertz CT molecular complexity index is 747. The van der Waals surface area contributed by atoms with Crippen LogP contribution in [0.5, 0.6) is 0 Å². The molecule has 0 bridgehead atoms. The standard InChI is InChI=1S/C26H34N4/c1-5-17-29(18-6-2)19-7-8-20-30(21-23-9-13-25(27-3)14-10-23)22-24-11-15-26(28-4)16-12-24/h9-16H,5-8,17-22H2,1-2H3. The molecule has 0 spiro atoms. The van der Waals surface area contributed by atoms with Crippen LogP contribution in [0.25, 0.3) is 9.69 Å². The van der Waals surface area contributed by atoms with E-state index in [1.54, 1.807) is 0 Å². The highest BCUT2D eigenvalue weighted by atomic mass is 15.1. The van der Waals surface area contributed by atoms with Gasteiger partial charge in [0, 0.05) is 13.1 Å². The molecule has 30 heavy (non-hydrogen) atoms. The van der Waals surface area contributed by atoms with E-state index >= 15 is 0 Å². The average Bonchev–Trinajstić information content (AvgIpc) is 2.78. The molecule has 0 unspecified atom stereocenters. The van der Waals surface area contributed by atoms with Crippen molar-refractivity contribution in [1.29, 1.82) is 0 Å². The number of benzene rings is 2. The summed E-state index contributed by atoms with van der Waals surface area (Å²) in [6, 6.07) is 15.9. The molecule has 0 aliphatic rings. The quantitative estimate of drug-likeness (QED) is 0.274. The van der Waals surface area contributed by atoms with Crippen molar-refractivity contribution in [3.63, 3.8) is 0 Å². The summed E-state index contributed by atoms with van der Waals surface area (Å²) in [6.07, 6.45) is 4.81. The predicted molar refractivity (Wildman–Crippen MR) is 126 cm³/mol. The Balaban J connectivity index is 1.96. The van der Waals surface area contributed by atoms with Crippen molar-refractivity contribution >= 4 is 11.4 Å². The van der Waals surface area contributed by atoms with Gasteiger partial charge in [-0.05, 0) is 63.0 Å². The summed E-state index contributed by atoms with van der Waals surface area (Å²) in [7, 11) is 0. The monoisotopic (exact) mass is 402 g/mol. The van der Waals surface area contributed by atoms with E-state index in [9.17, 15) is 0 Å². The highest BCUT2D eigenvalue weighted by molar-refractivity contribution is 5.46. The average molecular weight is 403 g/mol. The Kier molecular flexibility index (Phi) is 10.7. The maximum Gasteiger partial charge on any atom is 0.187 e. The molecule has 2 aromatic rings. The Hall–Kier alpha value is -2.66. The van der Waals surface area contributed by atoms with E-state index < -0.39 is 0 Å². The van der Waals surface area contributed by atoms with Crippen molar-refractivity contribution in [3.05, 3.63) is 82.5 Å². The minimum Gasteiger partial charge on any atom is -0.303 e. The van der Waals surface area contributed by atoms with Gasteiger partial charge < -0.3 is 4.90 Å². The molecule has 0 radical (unpaired) electrons. The Labute approximate surface area is 182 Å². The van der Waals surface area contributed by atoms with Crippen LogP contribution in [0.2, 0.25) is 0 Å². The third-order valence-electron chi connectivity index (χ3n) is 5.22. The number of nitrogens with zero attached hydrogens (tertiary/aromatic N) is 4. The van der Waals surface area contributed by atoms with Crippen LogP contribution in [0.3, 0.4) is 0 Å². The summed E-state index contributed by atoms with van der Waals surface area (Å²) in [5.74, 6) is 0. The second kappa shape index (κ2) is 13.5. The first-order valence-electron chi connectivity index (χ1n) is 11.1. The number of unbranched alkanes of at least 4 members (excludes halogenated alkanes) is 1. The van der Waals surface area contributed by atoms with Gasteiger partial charge in [-0.25, -0.2) is 9.69 Å². The van der Waals surface area contributed by atoms with Crippen LogP contribution >= 0.6 is 0 Å². The third-order valence-corrected chi connectivity index (χ3v) is 5.22. The molecular weight excluding hydrogens is 368 g/mol. The second-order valence-electron chi connectivity index (χ2n) is 7.82. The van der Waals surface area contributed by atoms with Crippen LogP contribution in [0.4, 0.5) is 11.4 Å². The molecule has 0 aliphatic heterocycles. The van der Waals surface area contributed by atoms with Gasteiger partial charge in [0.1, 0.15) is 0 Å². The molecule has 0 N–H and O–H groups in total. The van der Waals surface area contributed by atoms with Crippen LogP contribution in [-0.4, -0.2) is 36.0 Å². The predicted octanol–water partition coefficient (Wildman–Crippen LogP) is 6.69. The van der Waals surface area contributed by atoms with Gasteiger partial charge in [-0.3, -0.25) is 4.90 Å². The van der Waals surface area contributed by atoms with E-state index in [0.29, 0.717) is 11.4 Å². The summed E-state index contributed by atoms with van der Waals surface area (Å²) < 4.78 is 0. The summed E-state index contributed by atoms with van der Waals surface area (Å²) in [6.45, 7) is 25.1. The third kappa shape index (κ3) is 8.37. The normalized spacial score (nSPS) is 10.9. The molecule has 2 rings (SSSR count). The second-order valence-corrected chi connectivity index (χ2v) is 7.82. The highest BCUT2D eigenvalue weighted by Gasteiger charge is 2.09. The van der Waals surface area contributed by atoms with E-state index in [0.717, 1.165) is 19.6 Å². The molecule has 0 aliphatic carbocycles. The lowest BCUT2D eigenvalue weighted by Gasteiger charge is -2.24. The molecule has 0 saturated heterocycles. The maximum atomic E-state index is 7.13. The van der Waals surface area contributed by atoms with Gasteiger partial charge in [-0.15, -0.1) is 0 Å². The van der Waals surface area contributed by atoms with Crippen molar-refractivity contribution in [3.8, 4) is 0 Å². The molecule has 0 amide bonds. The summed E-state index contributed by atoms with van der Waals surface area (Å²) in [4.78, 5) is 12.0. The number of rotatable bonds is 13. The first kappa shape index (κ1) is 23.6. The van der Waals surface area contributed by atoms with E-state index in [-0.39, 0.29) is 0 Å². The van der Waals surface area contributed by atoms with Gasteiger partial charge in [0.05, 0.1) is 13.1 Å². The van der Waals surface area contributed by atoms with Crippen LogP contribution in [-0.2, 0) is 13.1 Å². The molecule has 0 aromatic heterocycles. The van der Waals surface area contributed by atoms with E-state index in [2.05, 4.69) is 57.6 Å². The van der Waals surface area contributed by atoms with Crippen molar-refractivity contribution in [2.45, 2.75) is 52.6 Å². The van der Waals surface area contributed by atoms with Crippen molar-refractivity contribution < 1.29 is 0 Å². The molecule has 4 heteroatoms. The van der Waals surface area contributed by atoms with Crippen molar-refractivity contribution in [2.75, 3.05) is 26.2 Å². The van der Waals surface area contributed by atoms with Gasteiger partial charge in [0.25, 0.3) is 0 Å². The van der Waals surface area contributed by atoms with Crippen molar-refractivity contribution in [1.82, 2.24) is 9.80 Å². The summed E-state index contributed by atoms with van der Waals surface area (Å²) in [5, 5.41) is 0. The number of hydrogen-bond donors (Lipinski definition) is 0. The zero-order valence-corrected chi connectivity index (χ0v) is 18.5. The van der Waals surface area contributed by atoms with E-state index in [4.69, 9.17) is 13.1 Å². The molecule has 0 atom stereocenters. The van der Waals surface area contributed by atoms with Gasteiger partial charge >= 0.3 is 0 Å². The Morgan fingerprint density at radius 2 is 1.00 bits per heavy atom. The highest BCUT2D eigenvalue weighted by Crippen LogP contribution is 2.18. The Morgan fingerprint density at radius 3 is 1.37 bits per heavy atom. The zero-order chi connectivity index (χ0) is 21.6. The van der Waals surface area contributed by atoms with Gasteiger partial charge in [0.2, 0.25) is 0 Å². The van der Waals surface area contributed by atoms with Crippen molar-refractivity contribution in [2.24, 2.45) is 0 Å². The molecular formula is C26H34N4. The van der Waals surface area contributed by atoms with E-state index in [1.807, 2.05) is 24.3 Å². The lowest BCUT2D eigenvalue weighted by Crippen LogP contribution is -2.28. The molecule has 2 aromatic carbocycles. The first-order valence-corrected chi connectivity index (χ1v) is 11.1. The first-order chi connectivity index (χ1) is 14.7. The largest absolute Gasteiger partial charge is 0.303 e. The Morgan fingerprint density at radius 1 is 0.600 bits per heavy atom. The molecule has 0 saturated carbocycles. The molecule has 0 heterocycles. The summed E-state index contributed by atoms with van der Waals surface area (Å²) in [5.41, 5.74) is 3.84. The smallest absolute Gasteiger partial charge is 0.187 e. The summed E-state index contributed by atoms with van der Waals surface area (Å²) >= 11 is 0. The maximum absolute atomic E-state index is 7.13.